The topological polar surface area (TPSA) is 89.3 Å². The molecule has 0 fully saturated rings. The minimum atomic E-state index is -3.33. The van der Waals surface area contributed by atoms with Gasteiger partial charge in [-0.2, -0.15) is 0 Å². The van der Waals surface area contributed by atoms with E-state index in [-0.39, 0.29) is 5.78 Å². The van der Waals surface area contributed by atoms with Crippen molar-refractivity contribution in [2.24, 2.45) is 0 Å². The predicted octanol–water partition coefficient (Wildman–Crippen LogP) is 2.18. The second-order valence-electron chi connectivity index (χ2n) is 4.86. The van der Waals surface area contributed by atoms with E-state index in [1.165, 1.54) is 0 Å². The summed E-state index contributed by atoms with van der Waals surface area (Å²) in [6, 6.07) is 11.4. The molecule has 2 rings (SSSR count). The highest BCUT2D eigenvalue weighted by atomic mass is 32.2. The Bertz CT molecular complexity index is 781. The zero-order valence-electron chi connectivity index (χ0n) is 11.8. The molecule has 0 unspecified atom stereocenters. The summed E-state index contributed by atoms with van der Waals surface area (Å²) in [6.45, 7) is 1.84. The summed E-state index contributed by atoms with van der Waals surface area (Å²) in [6.07, 6.45) is 1.07. The fourth-order valence-electron chi connectivity index (χ4n) is 1.94. The van der Waals surface area contributed by atoms with Crippen molar-refractivity contribution < 1.29 is 13.2 Å². The molecule has 0 aromatic heterocycles. The van der Waals surface area contributed by atoms with E-state index < -0.39 is 10.0 Å². The average Bonchev–Trinajstić information content (AvgIpc) is 2.40. The van der Waals surface area contributed by atoms with Crippen molar-refractivity contribution in [3.63, 3.8) is 0 Å². The van der Waals surface area contributed by atoms with E-state index in [1.807, 2.05) is 6.92 Å². The summed E-state index contributed by atoms with van der Waals surface area (Å²) in [5.74, 6) is -0.147. The number of nitrogens with two attached hydrogens (primary N) is 1. The predicted molar refractivity (Wildman–Crippen MR) is 83.9 cm³/mol. The Kier molecular flexibility index (Phi) is 3.99. The van der Waals surface area contributed by atoms with Crippen LogP contribution in [-0.2, 0) is 10.0 Å². The highest BCUT2D eigenvalue weighted by Gasteiger charge is 2.12. The molecular formula is C15H16N2O3S. The Balaban J connectivity index is 2.30. The van der Waals surface area contributed by atoms with Crippen molar-refractivity contribution in [3.05, 3.63) is 59.2 Å². The fraction of sp³-hybridized carbons (Fsp3) is 0.133. The van der Waals surface area contributed by atoms with Crippen LogP contribution >= 0.6 is 0 Å². The van der Waals surface area contributed by atoms with Crippen molar-refractivity contribution in [2.75, 3.05) is 16.7 Å². The van der Waals surface area contributed by atoms with Crippen LogP contribution in [0.2, 0.25) is 0 Å². The number of hydrogen-bond donors (Lipinski definition) is 2. The highest BCUT2D eigenvalue weighted by molar-refractivity contribution is 7.92. The number of carbonyl (C=O) groups excluding carboxylic acids is 1. The summed E-state index contributed by atoms with van der Waals surface area (Å²) in [5.41, 5.74) is 8.51. The quantitative estimate of drug-likeness (QED) is 0.669. The SMILES string of the molecule is Cc1ccc(N)cc1C(=O)c1ccc(NS(C)(=O)=O)cc1. The lowest BCUT2D eigenvalue weighted by Crippen LogP contribution is -2.10. The molecule has 0 aliphatic heterocycles. The Hall–Kier alpha value is -2.34. The van der Waals surface area contributed by atoms with Gasteiger partial charge in [0.15, 0.2) is 5.78 Å². The molecule has 3 N–H and O–H groups in total. The third-order valence-electron chi connectivity index (χ3n) is 2.96. The second kappa shape index (κ2) is 5.57. The van der Waals surface area contributed by atoms with E-state index in [4.69, 9.17) is 5.73 Å². The van der Waals surface area contributed by atoms with E-state index in [2.05, 4.69) is 4.72 Å². The fourth-order valence-corrected chi connectivity index (χ4v) is 2.51. The van der Waals surface area contributed by atoms with Gasteiger partial charge >= 0.3 is 0 Å². The number of aryl methyl sites for hydroxylation is 1. The largest absolute Gasteiger partial charge is 0.399 e. The number of nitrogen functional groups attached to an aromatic ring is 1. The lowest BCUT2D eigenvalue weighted by molar-refractivity contribution is 0.103. The maximum absolute atomic E-state index is 12.4. The van der Waals surface area contributed by atoms with Crippen LogP contribution in [0.1, 0.15) is 21.5 Å². The van der Waals surface area contributed by atoms with Crippen molar-refractivity contribution in [1.29, 1.82) is 0 Å². The van der Waals surface area contributed by atoms with E-state index >= 15 is 0 Å². The van der Waals surface area contributed by atoms with Gasteiger partial charge in [0.05, 0.1) is 6.26 Å². The maximum atomic E-state index is 12.4. The first-order valence-electron chi connectivity index (χ1n) is 6.25. The molecule has 0 bridgehead atoms. The van der Waals surface area contributed by atoms with Crippen LogP contribution in [0.5, 0.6) is 0 Å². The molecule has 0 radical (unpaired) electrons. The number of hydrogen-bond acceptors (Lipinski definition) is 4. The summed E-state index contributed by atoms with van der Waals surface area (Å²) in [7, 11) is -3.33. The second-order valence-corrected chi connectivity index (χ2v) is 6.60. The molecule has 0 heterocycles. The first kappa shape index (κ1) is 15.1. The molecule has 0 saturated heterocycles. The summed E-state index contributed by atoms with van der Waals surface area (Å²) < 4.78 is 24.6. The number of anilines is 2. The number of rotatable bonds is 4. The lowest BCUT2D eigenvalue weighted by Gasteiger charge is -2.08. The molecule has 0 saturated carbocycles. The molecule has 0 atom stereocenters. The summed E-state index contributed by atoms with van der Waals surface area (Å²) in [5, 5.41) is 0. The normalized spacial score (nSPS) is 11.1. The minimum Gasteiger partial charge on any atom is -0.399 e. The lowest BCUT2D eigenvalue weighted by atomic mass is 9.98. The number of nitrogens with one attached hydrogen (secondary N) is 1. The van der Waals surface area contributed by atoms with Crippen molar-refractivity contribution in [1.82, 2.24) is 0 Å². The first-order chi connectivity index (χ1) is 9.76. The van der Waals surface area contributed by atoms with Crippen LogP contribution in [0.4, 0.5) is 11.4 Å². The van der Waals surface area contributed by atoms with Gasteiger partial charge in [0.2, 0.25) is 10.0 Å². The van der Waals surface area contributed by atoms with Gasteiger partial charge in [-0.15, -0.1) is 0 Å². The molecule has 2 aromatic rings. The number of benzene rings is 2. The van der Waals surface area contributed by atoms with Crippen molar-refractivity contribution >= 4 is 27.2 Å². The number of sulfonamides is 1. The van der Waals surface area contributed by atoms with Gasteiger partial charge in [0, 0.05) is 22.5 Å². The molecule has 21 heavy (non-hydrogen) atoms. The summed E-state index contributed by atoms with van der Waals surface area (Å²) >= 11 is 0. The van der Waals surface area contributed by atoms with Crippen LogP contribution in [0, 0.1) is 6.92 Å². The van der Waals surface area contributed by atoms with Crippen LogP contribution < -0.4 is 10.5 Å². The summed E-state index contributed by atoms with van der Waals surface area (Å²) in [4.78, 5) is 12.4. The molecular weight excluding hydrogens is 288 g/mol. The first-order valence-corrected chi connectivity index (χ1v) is 8.14. The van der Waals surface area contributed by atoms with E-state index in [0.717, 1.165) is 11.8 Å². The van der Waals surface area contributed by atoms with Gasteiger partial charge in [0.1, 0.15) is 0 Å². The van der Waals surface area contributed by atoms with Crippen LogP contribution in [-0.4, -0.2) is 20.5 Å². The molecule has 5 nitrogen and oxygen atoms in total. The van der Waals surface area contributed by atoms with E-state index in [9.17, 15) is 13.2 Å². The zero-order chi connectivity index (χ0) is 15.6. The Morgan fingerprint density at radius 1 is 1.10 bits per heavy atom. The van der Waals surface area contributed by atoms with Gasteiger partial charge < -0.3 is 5.73 Å². The van der Waals surface area contributed by atoms with Gasteiger partial charge in [0.25, 0.3) is 0 Å². The Morgan fingerprint density at radius 3 is 2.29 bits per heavy atom. The van der Waals surface area contributed by atoms with E-state index in [0.29, 0.717) is 22.5 Å². The Morgan fingerprint density at radius 2 is 1.71 bits per heavy atom. The Labute approximate surface area is 123 Å². The standard InChI is InChI=1S/C15H16N2O3S/c1-10-3-6-12(16)9-14(10)15(18)11-4-7-13(8-5-11)17-21(2,19)20/h3-9,17H,16H2,1-2H3. The third-order valence-corrected chi connectivity index (χ3v) is 3.56. The monoisotopic (exact) mass is 304 g/mol. The molecule has 0 aliphatic rings. The smallest absolute Gasteiger partial charge is 0.229 e. The van der Waals surface area contributed by atoms with Crippen LogP contribution in [0.15, 0.2) is 42.5 Å². The molecule has 0 spiro atoms. The van der Waals surface area contributed by atoms with Gasteiger partial charge in [-0.1, -0.05) is 6.07 Å². The number of carbonyl (C=O) groups is 1. The van der Waals surface area contributed by atoms with E-state index in [1.54, 1.807) is 42.5 Å². The molecule has 0 amide bonds. The third kappa shape index (κ3) is 3.82. The zero-order valence-corrected chi connectivity index (χ0v) is 12.6. The average molecular weight is 304 g/mol. The van der Waals surface area contributed by atoms with Gasteiger partial charge in [-0.05, 0) is 48.9 Å². The van der Waals surface area contributed by atoms with Crippen molar-refractivity contribution in [3.8, 4) is 0 Å². The molecule has 0 aliphatic carbocycles. The molecule has 6 heteroatoms. The van der Waals surface area contributed by atoms with Crippen molar-refractivity contribution in [2.45, 2.75) is 6.92 Å². The number of ketones is 1. The van der Waals surface area contributed by atoms with Crippen LogP contribution in [0.3, 0.4) is 0 Å². The highest BCUT2D eigenvalue weighted by Crippen LogP contribution is 2.19. The minimum absolute atomic E-state index is 0.147. The van der Waals surface area contributed by atoms with Gasteiger partial charge in [-0.3, -0.25) is 9.52 Å². The maximum Gasteiger partial charge on any atom is 0.229 e. The van der Waals surface area contributed by atoms with Crippen LogP contribution in [0.25, 0.3) is 0 Å². The molecule has 2 aromatic carbocycles. The van der Waals surface area contributed by atoms with Gasteiger partial charge in [-0.25, -0.2) is 8.42 Å². The molecule has 110 valence electrons.